The maximum Gasteiger partial charge on any atom is 0.00390 e. The minimum Gasteiger partial charge on any atom is -0.328 e. The van der Waals surface area contributed by atoms with Crippen molar-refractivity contribution in [3.05, 3.63) is 0 Å². The van der Waals surface area contributed by atoms with Gasteiger partial charge in [0.1, 0.15) is 0 Å². The molecule has 0 aromatic carbocycles. The lowest BCUT2D eigenvalue weighted by molar-refractivity contribution is 0.348. The average molecular weight is 113 g/mol. The molecule has 0 aliphatic heterocycles. The number of nitrogens with two attached hydrogens (primary N) is 1. The van der Waals surface area contributed by atoms with Crippen LogP contribution < -0.4 is 5.73 Å². The maximum absolute atomic E-state index is 5.70. The number of hydrogen-bond donors (Lipinski definition) is 1. The third-order valence-electron chi connectivity index (χ3n) is 2.06. The molecule has 1 rings (SSSR count). The molecule has 48 valence electrons. The Kier molecular flexibility index (Phi) is 1.90. The van der Waals surface area contributed by atoms with Crippen molar-refractivity contribution >= 4 is 0 Å². The van der Waals surface area contributed by atoms with E-state index in [2.05, 4.69) is 6.92 Å². The van der Waals surface area contributed by atoms with Gasteiger partial charge in [-0.15, -0.1) is 0 Å². The fourth-order valence-electron chi connectivity index (χ4n) is 1.29. The van der Waals surface area contributed by atoms with Gasteiger partial charge in [0.15, 0.2) is 0 Å². The molecule has 0 saturated heterocycles. The van der Waals surface area contributed by atoms with Crippen molar-refractivity contribution in [3.8, 4) is 0 Å². The molecule has 0 bridgehead atoms. The van der Waals surface area contributed by atoms with Crippen LogP contribution in [0.1, 0.15) is 32.6 Å². The monoisotopic (exact) mass is 113 g/mol. The Balaban J connectivity index is 2.19. The molecule has 0 heterocycles. The van der Waals surface area contributed by atoms with Gasteiger partial charge in [0.2, 0.25) is 0 Å². The first kappa shape index (κ1) is 6.09. The lowest BCUT2D eigenvalue weighted by Gasteiger charge is -2.22. The summed E-state index contributed by atoms with van der Waals surface area (Å²) in [7, 11) is 0. The Bertz CT molecular complexity index is 52.8. The summed E-state index contributed by atoms with van der Waals surface area (Å²) in [5.74, 6) is 0.940. The molecule has 8 heavy (non-hydrogen) atoms. The quantitative estimate of drug-likeness (QED) is 0.506. The summed E-state index contributed by atoms with van der Waals surface area (Å²) in [5, 5.41) is 0. The largest absolute Gasteiger partial charge is 0.328 e. The van der Waals surface area contributed by atoms with Crippen molar-refractivity contribution in [1.82, 2.24) is 0 Å². The lowest BCUT2D eigenvalue weighted by atomic mass is 9.88. The van der Waals surface area contributed by atoms with Gasteiger partial charge >= 0.3 is 0 Å². The highest BCUT2D eigenvalue weighted by Gasteiger charge is 2.13. The second-order valence-corrected chi connectivity index (χ2v) is 3.02. The van der Waals surface area contributed by atoms with E-state index in [0.29, 0.717) is 6.04 Å². The molecule has 2 N–H and O–H groups in total. The summed E-state index contributed by atoms with van der Waals surface area (Å²) in [6.07, 6.45) is 5.20. The molecular weight excluding hydrogens is 98.1 g/mol. The Morgan fingerprint density at radius 1 is 1.12 bits per heavy atom. The highest BCUT2D eigenvalue weighted by atomic mass is 14.6. The van der Waals surface area contributed by atoms with Crippen LogP contribution in [0.5, 0.6) is 0 Å². The first-order chi connectivity index (χ1) is 3.79. The van der Waals surface area contributed by atoms with E-state index in [9.17, 15) is 0 Å². The predicted molar refractivity (Wildman–Crippen MR) is 35.6 cm³/mol. The van der Waals surface area contributed by atoms with Crippen molar-refractivity contribution in [2.24, 2.45) is 11.7 Å². The van der Waals surface area contributed by atoms with Crippen molar-refractivity contribution < 1.29 is 0 Å². The Morgan fingerprint density at radius 2 is 1.62 bits per heavy atom. The zero-order valence-electron chi connectivity index (χ0n) is 5.56. The molecule has 0 aromatic rings. The van der Waals surface area contributed by atoms with Gasteiger partial charge < -0.3 is 5.73 Å². The van der Waals surface area contributed by atoms with E-state index in [1.165, 1.54) is 25.7 Å². The first-order valence-electron chi connectivity index (χ1n) is 3.54. The molecule has 1 aliphatic carbocycles. The van der Waals surface area contributed by atoms with Gasteiger partial charge in [-0.2, -0.15) is 0 Å². The molecule has 1 fully saturated rings. The smallest absolute Gasteiger partial charge is 0.00390 e. The minimum absolute atomic E-state index is 0.520. The molecule has 0 unspecified atom stereocenters. The molecule has 1 aliphatic rings. The fraction of sp³-hybridized carbons (Fsp3) is 1.00. The second kappa shape index (κ2) is 2.49. The van der Waals surface area contributed by atoms with Gasteiger partial charge in [-0.1, -0.05) is 6.92 Å². The van der Waals surface area contributed by atoms with Crippen LogP contribution in [0.3, 0.4) is 0 Å². The molecule has 1 nitrogen and oxygen atoms in total. The van der Waals surface area contributed by atoms with Crippen LogP contribution in [-0.4, -0.2) is 6.04 Å². The third kappa shape index (κ3) is 1.48. The zero-order valence-corrected chi connectivity index (χ0v) is 5.56. The van der Waals surface area contributed by atoms with Crippen molar-refractivity contribution in [2.75, 3.05) is 0 Å². The summed E-state index contributed by atoms with van der Waals surface area (Å²) in [5.41, 5.74) is 5.70. The standard InChI is InChI=1S/C7H15N/c1-6-2-4-7(8)5-3-6/h6-7H,2-5,8H2,1H3/t6-,7+. The average Bonchev–Trinajstić information content (AvgIpc) is 1.77. The van der Waals surface area contributed by atoms with Gasteiger partial charge in [0.05, 0.1) is 0 Å². The van der Waals surface area contributed by atoms with Crippen molar-refractivity contribution in [1.29, 1.82) is 0 Å². The summed E-state index contributed by atoms with van der Waals surface area (Å²) >= 11 is 0. The normalized spacial score (nSPS) is 39.8. The summed E-state index contributed by atoms with van der Waals surface area (Å²) in [6, 6.07) is 0.520. The van der Waals surface area contributed by atoms with Crippen LogP contribution in [0, 0.1) is 5.92 Å². The van der Waals surface area contributed by atoms with Crippen LogP contribution in [0.2, 0.25) is 0 Å². The first-order valence-corrected chi connectivity index (χ1v) is 3.54. The Hall–Kier alpha value is -0.0400. The van der Waals surface area contributed by atoms with E-state index >= 15 is 0 Å². The van der Waals surface area contributed by atoms with E-state index in [4.69, 9.17) is 5.73 Å². The van der Waals surface area contributed by atoms with Crippen LogP contribution in [-0.2, 0) is 0 Å². The van der Waals surface area contributed by atoms with E-state index in [1.54, 1.807) is 0 Å². The highest BCUT2D eigenvalue weighted by Crippen LogP contribution is 2.21. The van der Waals surface area contributed by atoms with Crippen LogP contribution in [0.25, 0.3) is 0 Å². The molecule has 1 heteroatoms. The molecule has 0 atom stereocenters. The molecule has 0 amide bonds. The maximum atomic E-state index is 5.70. The molecule has 1 saturated carbocycles. The van der Waals surface area contributed by atoms with Gasteiger partial charge in [-0.3, -0.25) is 0 Å². The summed E-state index contributed by atoms with van der Waals surface area (Å²) in [4.78, 5) is 0. The molecule has 0 aromatic heterocycles. The van der Waals surface area contributed by atoms with E-state index in [0.717, 1.165) is 5.92 Å². The fourth-order valence-corrected chi connectivity index (χ4v) is 1.29. The van der Waals surface area contributed by atoms with Gasteiger partial charge in [0.25, 0.3) is 0 Å². The molecule has 0 radical (unpaired) electrons. The van der Waals surface area contributed by atoms with Crippen molar-refractivity contribution in [2.45, 2.75) is 38.6 Å². The summed E-state index contributed by atoms with van der Waals surface area (Å²) < 4.78 is 0. The van der Waals surface area contributed by atoms with E-state index < -0.39 is 0 Å². The Labute approximate surface area is 51.3 Å². The molecule has 0 spiro atoms. The minimum atomic E-state index is 0.520. The second-order valence-electron chi connectivity index (χ2n) is 3.02. The SMILES string of the molecule is C[C@H]1CC[C@@H](N)CC1. The predicted octanol–water partition coefficient (Wildman–Crippen LogP) is 1.52. The van der Waals surface area contributed by atoms with Crippen LogP contribution >= 0.6 is 0 Å². The van der Waals surface area contributed by atoms with Crippen molar-refractivity contribution in [3.63, 3.8) is 0 Å². The number of rotatable bonds is 0. The van der Waals surface area contributed by atoms with Crippen LogP contribution in [0.4, 0.5) is 0 Å². The molecular formula is C7H15N. The van der Waals surface area contributed by atoms with E-state index in [-0.39, 0.29) is 0 Å². The van der Waals surface area contributed by atoms with Gasteiger partial charge in [0, 0.05) is 6.04 Å². The van der Waals surface area contributed by atoms with Crippen LogP contribution in [0.15, 0.2) is 0 Å². The Morgan fingerprint density at radius 3 is 2.00 bits per heavy atom. The summed E-state index contributed by atoms with van der Waals surface area (Å²) in [6.45, 7) is 2.31. The lowest BCUT2D eigenvalue weighted by Crippen LogP contribution is -2.25. The van der Waals surface area contributed by atoms with E-state index in [1.807, 2.05) is 0 Å². The van der Waals surface area contributed by atoms with Gasteiger partial charge in [-0.25, -0.2) is 0 Å². The van der Waals surface area contributed by atoms with Gasteiger partial charge in [-0.05, 0) is 31.6 Å². The number of hydrogen-bond acceptors (Lipinski definition) is 1. The highest BCUT2D eigenvalue weighted by molar-refractivity contribution is 4.70. The topological polar surface area (TPSA) is 26.0 Å². The third-order valence-corrected chi connectivity index (χ3v) is 2.06. The zero-order chi connectivity index (χ0) is 5.98.